The second-order valence-electron chi connectivity index (χ2n) is 0. The van der Waals surface area contributed by atoms with Crippen molar-refractivity contribution in [2.45, 2.75) is 0 Å². The van der Waals surface area contributed by atoms with Crippen LogP contribution in [0.25, 0.3) is 0 Å². The van der Waals surface area contributed by atoms with Crippen LogP contribution < -0.4 is 0 Å². The van der Waals surface area contributed by atoms with Crippen LogP contribution in [0.3, 0.4) is 0 Å². The van der Waals surface area contributed by atoms with E-state index in [0.717, 1.165) is 0 Å². The molecule has 0 saturated heterocycles. The van der Waals surface area contributed by atoms with Gasteiger partial charge in [0, 0.05) is 0 Å². The van der Waals surface area contributed by atoms with Crippen LogP contribution >= 0.6 is 0 Å². The summed E-state index contributed by atoms with van der Waals surface area (Å²) in [6.07, 6.45) is 0. The Balaban J connectivity index is 0. The quantitative estimate of drug-likeness (QED) is 0.536. The molecule has 0 spiro atoms. The Morgan fingerprint density at radius 3 is 0.750 bits per heavy atom. The van der Waals surface area contributed by atoms with Gasteiger partial charge >= 0.3 is 58.6 Å². The fourth-order valence-electron chi connectivity index (χ4n) is 0. The maximum Gasteiger partial charge on any atom is 4.00 e. The molecule has 0 rings (SSSR count). The van der Waals surface area contributed by atoms with Gasteiger partial charge in [-0.15, -0.1) is 0 Å². The molecule has 0 aromatic rings. The molecule has 0 aliphatic rings. The van der Waals surface area contributed by atoms with Gasteiger partial charge in [0.1, 0.15) is 0 Å². The standard InChI is InChI=1S/Lu.2O.Ti/q+3;2*-2;+4. The van der Waals surface area contributed by atoms with Crippen LogP contribution in [0, 0.1) is 36.9 Å². The van der Waals surface area contributed by atoms with Crippen molar-refractivity contribution < 1.29 is 69.5 Å². The number of rotatable bonds is 0. The van der Waals surface area contributed by atoms with E-state index in [9.17, 15) is 0 Å². The first-order chi connectivity index (χ1) is 0. The SMILES string of the molecule is [Lu+3].[O-2].[O-2].[Ti+4]. The molecule has 0 saturated carbocycles. The summed E-state index contributed by atoms with van der Waals surface area (Å²) in [6, 6.07) is 0. The minimum Gasteiger partial charge on any atom is -2.00 e. The topological polar surface area (TPSA) is 57.0 Å². The summed E-state index contributed by atoms with van der Waals surface area (Å²) in [5.74, 6) is 0. The predicted octanol–water partition coefficient (Wildman–Crippen LogP) is -0.240. The Hall–Kier alpha value is 1.87. The van der Waals surface area contributed by atoms with E-state index in [1.54, 1.807) is 0 Å². The third-order valence-corrected chi connectivity index (χ3v) is 0. The van der Waals surface area contributed by atoms with Crippen LogP contribution in [0.15, 0.2) is 0 Å². The Kier molecular flexibility index (Phi) is 208. The Labute approximate surface area is 68.6 Å². The summed E-state index contributed by atoms with van der Waals surface area (Å²) in [4.78, 5) is 0. The first-order valence-electron chi connectivity index (χ1n) is 0. The van der Waals surface area contributed by atoms with Crippen molar-refractivity contribution in [2.24, 2.45) is 0 Å². The van der Waals surface area contributed by atoms with Crippen LogP contribution in [0.5, 0.6) is 0 Å². The van der Waals surface area contributed by atoms with E-state index in [4.69, 9.17) is 0 Å². The summed E-state index contributed by atoms with van der Waals surface area (Å²) < 4.78 is 0. The molecule has 0 radical (unpaired) electrons. The van der Waals surface area contributed by atoms with Gasteiger partial charge in [0.25, 0.3) is 0 Å². The van der Waals surface area contributed by atoms with Crippen LogP contribution in [0.1, 0.15) is 0 Å². The fourth-order valence-corrected chi connectivity index (χ4v) is 0. The maximum absolute atomic E-state index is 0. The van der Waals surface area contributed by atoms with Crippen LogP contribution in [0.4, 0.5) is 0 Å². The van der Waals surface area contributed by atoms with E-state index in [0.29, 0.717) is 0 Å². The normalized spacial score (nSPS) is 0. The van der Waals surface area contributed by atoms with E-state index >= 15 is 0 Å². The molecule has 0 fully saturated rings. The van der Waals surface area contributed by atoms with Crippen molar-refractivity contribution >= 4 is 0 Å². The van der Waals surface area contributed by atoms with E-state index in [2.05, 4.69) is 0 Å². The number of hydrogen-bond donors (Lipinski definition) is 0. The van der Waals surface area contributed by atoms with Crippen molar-refractivity contribution in [3.63, 3.8) is 0 Å². The minimum absolute atomic E-state index is 0. The van der Waals surface area contributed by atoms with Gasteiger partial charge in [-0.2, -0.15) is 0 Å². The van der Waals surface area contributed by atoms with Gasteiger partial charge < -0.3 is 11.0 Å². The molecule has 2 nitrogen and oxygen atoms in total. The number of hydrogen-bond acceptors (Lipinski definition) is 0. The van der Waals surface area contributed by atoms with Gasteiger partial charge in [0.2, 0.25) is 0 Å². The molecule has 0 amide bonds. The second kappa shape index (κ2) is 20.9. The Morgan fingerprint density at radius 2 is 0.750 bits per heavy atom. The third-order valence-electron chi connectivity index (χ3n) is 0. The summed E-state index contributed by atoms with van der Waals surface area (Å²) in [6.45, 7) is 0. The first-order valence-corrected chi connectivity index (χ1v) is 0. The summed E-state index contributed by atoms with van der Waals surface area (Å²) >= 11 is 0. The molecule has 0 aliphatic carbocycles. The molecular formula is LuO2Ti+3. The molecule has 0 aromatic heterocycles. The summed E-state index contributed by atoms with van der Waals surface area (Å²) in [5.41, 5.74) is 0. The van der Waals surface area contributed by atoms with E-state index in [-0.39, 0.29) is 69.5 Å². The average molecular weight is 255 g/mol. The molecular weight excluding hydrogens is 255 g/mol. The van der Waals surface area contributed by atoms with Gasteiger partial charge in [0.15, 0.2) is 0 Å². The largest absolute Gasteiger partial charge is 4.00 e. The van der Waals surface area contributed by atoms with Gasteiger partial charge in [-0.25, -0.2) is 0 Å². The minimum atomic E-state index is 0. The fraction of sp³-hybridized carbons (Fsp3) is 0. The molecule has 28 valence electrons. The van der Waals surface area contributed by atoms with Crippen LogP contribution in [-0.4, -0.2) is 0 Å². The van der Waals surface area contributed by atoms with E-state index in [1.807, 2.05) is 0 Å². The average Bonchev–Trinajstić information content (AvgIpc) is 0. The van der Waals surface area contributed by atoms with Crippen molar-refractivity contribution in [3.05, 3.63) is 0 Å². The summed E-state index contributed by atoms with van der Waals surface area (Å²) in [5, 5.41) is 0. The van der Waals surface area contributed by atoms with Gasteiger partial charge in [0.05, 0.1) is 0 Å². The molecule has 0 N–H and O–H groups in total. The molecule has 4 heavy (non-hydrogen) atoms. The predicted molar refractivity (Wildman–Crippen MR) is 1.37 cm³/mol. The molecule has 0 heterocycles. The Bertz CT molecular complexity index is 6.00. The zero-order valence-corrected chi connectivity index (χ0v) is 4.79. The zero-order valence-electron chi connectivity index (χ0n) is 1.57. The summed E-state index contributed by atoms with van der Waals surface area (Å²) in [7, 11) is 0. The Morgan fingerprint density at radius 1 is 0.750 bits per heavy atom. The monoisotopic (exact) mass is 255 g/mol. The smallest absolute Gasteiger partial charge is 2.00 e. The molecule has 0 aliphatic heterocycles. The first kappa shape index (κ1) is 39.8. The van der Waals surface area contributed by atoms with E-state index < -0.39 is 0 Å². The van der Waals surface area contributed by atoms with E-state index in [1.165, 1.54) is 0 Å². The molecule has 4 heteroatoms. The van der Waals surface area contributed by atoms with Gasteiger partial charge in [-0.1, -0.05) is 0 Å². The van der Waals surface area contributed by atoms with Crippen LogP contribution in [-0.2, 0) is 32.7 Å². The molecule has 0 atom stereocenters. The van der Waals surface area contributed by atoms with Crippen molar-refractivity contribution in [2.75, 3.05) is 0 Å². The zero-order chi connectivity index (χ0) is 0. The third kappa shape index (κ3) is 9.12. The second-order valence-corrected chi connectivity index (χ2v) is 0. The van der Waals surface area contributed by atoms with Gasteiger partial charge in [-0.05, 0) is 0 Å². The molecule has 0 unspecified atom stereocenters. The van der Waals surface area contributed by atoms with Crippen LogP contribution in [0.2, 0.25) is 0 Å². The van der Waals surface area contributed by atoms with Crippen molar-refractivity contribution in [3.8, 4) is 0 Å². The molecule has 0 aromatic carbocycles. The maximum atomic E-state index is 0. The van der Waals surface area contributed by atoms with Crippen molar-refractivity contribution in [1.29, 1.82) is 0 Å². The van der Waals surface area contributed by atoms with Gasteiger partial charge in [-0.3, -0.25) is 0 Å². The van der Waals surface area contributed by atoms with Crippen molar-refractivity contribution in [1.82, 2.24) is 0 Å². The molecule has 0 bridgehead atoms.